The Morgan fingerprint density at radius 3 is 2.54 bits per heavy atom. The van der Waals surface area contributed by atoms with Crippen molar-refractivity contribution in [1.82, 2.24) is 14.8 Å². The van der Waals surface area contributed by atoms with Crippen LogP contribution in [0.25, 0.3) is 10.9 Å². The van der Waals surface area contributed by atoms with E-state index in [0.29, 0.717) is 43.3 Å². The Balaban J connectivity index is 1.42. The van der Waals surface area contributed by atoms with Crippen LogP contribution in [-0.2, 0) is 10.2 Å². The number of fused-ring (bicyclic) bond motifs is 4. The fraction of sp³-hybridized carbons (Fsp3) is 0.407. The van der Waals surface area contributed by atoms with E-state index >= 15 is 0 Å². The highest BCUT2D eigenvalue weighted by Gasteiger charge is 2.55. The van der Waals surface area contributed by atoms with Crippen LogP contribution in [0.1, 0.15) is 46.9 Å². The van der Waals surface area contributed by atoms with Crippen molar-refractivity contribution in [3.8, 4) is 5.75 Å². The zero-order valence-corrected chi connectivity index (χ0v) is 19.6. The van der Waals surface area contributed by atoms with Crippen LogP contribution in [0.4, 0.5) is 4.39 Å². The number of likely N-dealkylation sites (tertiary alicyclic amines) is 1. The minimum absolute atomic E-state index is 0.168. The van der Waals surface area contributed by atoms with Crippen molar-refractivity contribution in [3.05, 3.63) is 65.1 Å². The van der Waals surface area contributed by atoms with E-state index in [1.54, 1.807) is 12.0 Å². The van der Waals surface area contributed by atoms with Crippen LogP contribution in [0.2, 0.25) is 0 Å². The molecule has 2 fully saturated rings. The molecule has 7 nitrogen and oxygen atoms in total. The molecule has 2 aliphatic heterocycles. The lowest BCUT2D eigenvalue weighted by Gasteiger charge is -2.56. The van der Waals surface area contributed by atoms with Crippen LogP contribution in [-0.4, -0.2) is 65.1 Å². The topological polar surface area (TPSA) is 85.9 Å². The summed E-state index contributed by atoms with van der Waals surface area (Å²) in [6.07, 6.45) is 2.83. The van der Waals surface area contributed by atoms with E-state index in [-0.39, 0.29) is 18.4 Å². The first kappa shape index (κ1) is 22.1. The highest BCUT2D eigenvalue weighted by molar-refractivity contribution is 5.96. The summed E-state index contributed by atoms with van der Waals surface area (Å²) in [4.78, 5) is 33.4. The SMILES string of the molecule is COc1ccc2c3c([nH]c2c1)[C@@H](CO)N(C(=O)c1ccc(F)cc1)CC31CN(C(=O)CC2CC2)C1. The largest absolute Gasteiger partial charge is 0.497 e. The second-order valence-corrected chi connectivity index (χ2v) is 10.1. The molecule has 0 bridgehead atoms. The number of aliphatic hydroxyl groups excluding tert-OH is 1. The number of nitrogens with one attached hydrogen (secondary N) is 1. The number of carbonyl (C=O) groups is 2. The molecular weight excluding hydrogens is 449 g/mol. The van der Waals surface area contributed by atoms with Crippen LogP contribution < -0.4 is 4.74 Å². The molecule has 1 atom stereocenters. The zero-order valence-electron chi connectivity index (χ0n) is 19.6. The third kappa shape index (κ3) is 3.58. The molecule has 3 aliphatic rings. The Bertz CT molecular complexity index is 1310. The Morgan fingerprint density at radius 2 is 1.89 bits per heavy atom. The second-order valence-electron chi connectivity index (χ2n) is 10.1. The Kier molecular flexibility index (Phi) is 5.11. The summed E-state index contributed by atoms with van der Waals surface area (Å²) in [5, 5.41) is 11.4. The third-order valence-corrected chi connectivity index (χ3v) is 7.77. The first-order valence-electron chi connectivity index (χ1n) is 12.1. The van der Waals surface area contributed by atoms with Crippen LogP contribution in [0.15, 0.2) is 42.5 Å². The Labute approximate surface area is 202 Å². The van der Waals surface area contributed by atoms with Crippen molar-refractivity contribution in [1.29, 1.82) is 0 Å². The van der Waals surface area contributed by atoms with Gasteiger partial charge < -0.3 is 24.6 Å². The second kappa shape index (κ2) is 8.09. The molecule has 2 N–H and O–H groups in total. The Hall–Kier alpha value is -3.39. The summed E-state index contributed by atoms with van der Waals surface area (Å²) in [5.74, 6) is 0.706. The number of hydrogen-bond acceptors (Lipinski definition) is 4. The summed E-state index contributed by atoms with van der Waals surface area (Å²) in [6.45, 7) is 1.16. The summed E-state index contributed by atoms with van der Waals surface area (Å²) in [6, 6.07) is 10.7. The van der Waals surface area contributed by atoms with Gasteiger partial charge >= 0.3 is 0 Å². The third-order valence-electron chi connectivity index (χ3n) is 7.77. The number of carbonyl (C=O) groups excluding carboxylic acids is 2. The summed E-state index contributed by atoms with van der Waals surface area (Å²) >= 11 is 0. The highest BCUT2D eigenvalue weighted by atomic mass is 19.1. The lowest BCUT2D eigenvalue weighted by Crippen LogP contribution is -2.68. The standard InChI is InChI=1S/C27H28FN3O4/c1-35-19-8-9-20-21(11-19)29-25-22(12-32)31(26(34)17-4-6-18(28)7-5-17)15-27(24(20)25)13-30(14-27)23(33)10-16-2-3-16/h4-9,11,16,22,29,32H,2-3,10,12-15H2,1H3/t22-/m1/s1. The number of rotatable bonds is 5. The monoisotopic (exact) mass is 477 g/mol. The van der Waals surface area contributed by atoms with Crippen LogP contribution in [0.5, 0.6) is 5.75 Å². The van der Waals surface area contributed by atoms with Gasteiger partial charge in [0, 0.05) is 54.3 Å². The maximum absolute atomic E-state index is 13.6. The molecular formula is C27H28FN3O4. The van der Waals surface area contributed by atoms with Crippen LogP contribution in [0, 0.1) is 11.7 Å². The van der Waals surface area contributed by atoms with Gasteiger partial charge in [0.1, 0.15) is 11.6 Å². The first-order chi connectivity index (χ1) is 16.9. The van der Waals surface area contributed by atoms with Crippen molar-refractivity contribution < 1.29 is 23.8 Å². The molecule has 182 valence electrons. The number of halogens is 1. The van der Waals surface area contributed by atoms with Gasteiger partial charge in [-0.3, -0.25) is 9.59 Å². The first-order valence-corrected chi connectivity index (χ1v) is 12.1. The number of aliphatic hydroxyl groups is 1. The number of aromatic amines is 1. The summed E-state index contributed by atoms with van der Waals surface area (Å²) in [7, 11) is 1.61. The molecule has 0 radical (unpaired) electrons. The fourth-order valence-corrected chi connectivity index (χ4v) is 5.80. The quantitative estimate of drug-likeness (QED) is 0.590. The van der Waals surface area contributed by atoms with E-state index in [1.165, 1.54) is 24.3 Å². The molecule has 1 aliphatic carbocycles. The van der Waals surface area contributed by atoms with Crippen molar-refractivity contribution in [2.45, 2.75) is 30.7 Å². The number of hydrogen-bond donors (Lipinski definition) is 2. The van der Waals surface area contributed by atoms with Gasteiger partial charge in [-0.05, 0) is 60.7 Å². The molecule has 35 heavy (non-hydrogen) atoms. The average molecular weight is 478 g/mol. The molecule has 1 spiro atoms. The molecule has 3 aromatic rings. The summed E-state index contributed by atoms with van der Waals surface area (Å²) < 4.78 is 18.9. The number of methoxy groups -OCH3 is 1. The average Bonchev–Trinajstić information content (AvgIpc) is 3.57. The number of H-pyrrole nitrogens is 1. The number of benzene rings is 2. The lowest BCUT2D eigenvalue weighted by molar-refractivity contribution is -0.140. The van der Waals surface area contributed by atoms with Crippen LogP contribution in [0.3, 0.4) is 0 Å². The molecule has 6 rings (SSSR count). The Morgan fingerprint density at radius 1 is 1.14 bits per heavy atom. The van der Waals surface area contributed by atoms with E-state index in [0.717, 1.165) is 35.0 Å². The van der Waals surface area contributed by atoms with E-state index in [2.05, 4.69) is 4.98 Å². The predicted molar refractivity (Wildman–Crippen MR) is 128 cm³/mol. The molecule has 0 unspecified atom stereocenters. The molecule has 1 saturated carbocycles. The van der Waals surface area contributed by atoms with Gasteiger partial charge in [-0.2, -0.15) is 0 Å². The van der Waals surface area contributed by atoms with E-state index in [1.807, 2.05) is 23.1 Å². The molecule has 3 heterocycles. The number of amides is 2. The van der Waals surface area contributed by atoms with Gasteiger partial charge in [0.05, 0.1) is 25.2 Å². The van der Waals surface area contributed by atoms with E-state index < -0.39 is 17.3 Å². The van der Waals surface area contributed by atoms with Gasteiger partial charge in [-0.15, -0.1) is 0 Å². The minimum Gasteiger partial charge on any atom is -0.497 e. The van der Waals surface area contributed by atoms with Crippen molar-refractivity contribution in [2.24, 2.45) is 5.92 Å². The van der Waals surface area contributed by atoms with E-state index in [9.17, 15) is 19.1 Å². The van der Waals surface area contributed by atoms with Crippen LogP contribution >= 0.6 is 0 Å². The number of ether oxygens (including phenoxy) is 1. The lowest BCUT2D eigenvalue weighted by atomic mass is 9.68. The smallest absolute Gasteiger partial charge is 0.254 e. The van der Waals surface area contributed by atoms with Crippen molar-refractivity contribution in [3.63, 3.8) is 0 Å². The number of nitrogens with zero attached hydrogens (tertiary/aromatic N) is 2. The summed E-state index contributed by atoms with van der Waals surface area (Å²) in [5.41, 5.74) is 2.63. The maximum Gasteiger partial charge on any atom is 0.254 e. The highest BCUT2D eigenvalue weighted by Crippen LogP contribution is 2.49. The van der Waals surface area contributed by atoms with Gasteiger partial charge in [0.15, 0.2) is 0 Å². The van der Waals surface area contributed by atoms with Crippen molar-refractivity contribution >= 4 is 22.7 Å². The normalized spacial score (nSPS) is 20.6. The minimum atomic E-state index is -0.581. The van der Waals surface area contributed by atoms with Gasteiger partial charge in [-0.25, -0.2) is 4.39 Å². The van der Waals surface area contributed by atoms with Gasteiger partial charge in [-0.1, -0.05) is 0 Å². The van der Waals surface area contributed by atoms with E-state index in [4.69, 9.17) is 4.74 Å². The molecule has 2 aromatic carbocycles. The van der Waals surface area contributed by atoms with Crippen molar-refractivity contribution in [2.75, 3.05) is 33.4 Å². The maximum atomic E-state index is 13.6. The van der Waals surface area contributed by atoms with Gasteiger partial charge in [0.25, 0.3) is 5.91 Å². The predicted octanol–water partition coefficient (Wildman–Crippen LogP) is 3.39. The molecule has 1 saturated heterocycles. The molecule has 2 amide bonds. The van der Waals surface area contributed by atoms with Gasteiger partial charge in [0.2, 0.25) is 5.91 Å². The zero-order chi connectivity index (χ0) is 24.3. The molecule has 1 aromatic heterocycles. The fourth-order valence-electron chi connectivity index (χ4n) is 5.80. The number of aromatic nitrogens is 1. The molecule has 8 heteroatoms.